The van der Waals surface area contributed by atoms with E-state index in [4.69, 9.17) is 0 Å². The summed E-state index contributed by atoms with van der Waals surface area (Å²) < 4.78 is 0. The second-order valence-corrected chi connectivity index (χ2v) is 3.32. The number of aromatic nitrogens is 1. The summed E-state index contributed by atoms with van der Waals surface area (Å²) in [5.74, 6) is -1.09. The van der Waals surface area contributed by atoms with Crippen LogP contribution in [0.5, 0.6) is 0 Å². The van der Waals surface area contributed by atoms with E-state index >= 15 is 0 Å². The summed E-state index contributed by atoms with van der Waals surface area (Å²) in [7, 11) is 0. The van der Waals surface area contributed by atoms with Crippen LogP contribution in [0.3, 0.4) is 0 Å². The quantitative estimate of drug-likeness (QED) is 0.422. The van der Waals surface area contributed by atoms with Gasteiger partial charge in [0, 0.05) is 24.0 Å². The number of hydrogen-bond acceptors (Lipinski definition) is 5. The topological polar surface area (TPSA) is 101 Å². The molecule has 0 aromatic carbocycles. The fourth-order valence-electron chi connectivity index (χ4n) is 1.43. The van der Waals surface area contributed by atoms with Crippen molar-refractivity contribution in [3.63, 3.8) is 0 Å². The molecule has 7 heteroatoms. The Morgan fingerprint density at radius 1 is 1.29 bits per heavy atom. The molecule has 7 nitrogen and oxygen atoms in total. The predicted octanol–water partition coefficient (Wildman–Crippen LogP) is -0.494. The first-order chi connectivity index (χ1) is 8.09. The number of rotatable bonds is 2. The van der Waals surface area contributed by atoms with E-state index in [1.165, 1.54) is 12.4 Å². The average molecular weight is 233 g/mol. The van der Waals surface area contributed by atoms with Crippen LogP contribution in [0.4, 0.5) is 0 Å². The molecule has 0 aliphatic carbocycles. The molecule has 1 atom stereocenters. The SMILES string of the molecule is O=C1C([N+](=O)[O-])=CC(c2ccncc2)=C[NH+]1[O-]. The number of hydroxylamine groups is 2. The molecule has 0 radical (unpaired) electrons. The van der Waals surface area contributed by atoms with Crippen molar-refractivity contribution in [1.29, 1.82) is 0 Å². The highest BCUT2D eigenvalue weighted by Gasteiger charge is 2.32. The molecule has 1 aliphatic heterocycles. The van der Waals surface area contributed by atoms with Crippen LogP contribution in [-0.4, -0.2) is 15.8 Å². The number of pyridine rings is 1. The van der Waals surface area contributed by atoms with Gasteiger partial charge in [-0.15, -0.1) is 0 Å². The standard InChI is InChI=1S/C10H7N3O4/c14-10-9(13(16)17)5-8(6-12(10)15)7-1-3-11-4-2-7/h1-6,12H. The number of nitro groups is 1. The molecule has 1 unspecified atom stereocenters. The Morgan fingerprint density at radius 3 is 2.53 bits per heavy atom. The molecule has 0 bridgehead atoms. The van der Waals surface area contributed by atoms with Gasteiger partial charge in [-0.05, 0) is 17.7 Å². The zero-order valence-electron chi connectivity index (χ0n) is 8.49. The van der Waals surface area contributed by atoms with Crippen molar-refractivity contribution in [2.24, 2.45) is 0 Å². The lowest BCUT2D eigenvalue weighted by atomic mass is 10.1. The van der Waals surface area contributed by atoms with Crippen LogP contribution in [0, 0.1) is 15.3 Å². The summed E-state index contributed by atoms with van der Waals surface area (Å²) in [5, 5.41) is 21.0. The third-order valence-corrected chi connectivity index (χ3v) is 2.25. The van der Waals surface area contributed by atoms with Gasteiger partial charge in [0.15, 0.2) is 0 Å². The van der Waals surface area contributed by atoms with Crippen molar-refractivity contribution in [3.8, 4) is 0 Å². The lowest BCUT2D eigenvalue weighted by Gasteiger charge is -2.17. The summed E-state index contributed by atoms with van der Waals surface area (Å²) in [6.07, 6.45) is 5.18. The van der Waals surface area contributed by atoms with Gasteiger partial charge in [0.25, 0.3) is 0 Å². The minimum Gasteiger partial charge on any atom is -0.621 e. The zero-order valence-corrected chi connectivity index (χ0v) is 8.49. The van der Waals surface area contributed by atoms with E-state index in [1.54, 1.807) is 12.1 Å². The van der Waals surface area contributed by atoms with E-state index in [9.17, 15) is 20.1 Å². The fraction of sp³-hybridized carbons (Fsp3) is 0. The van der Waals surface area contributed by atoms with E-state index in [0.717, 1.165) is 12.3 Å². The van der Waals surface area contributed by atoms with Gasteiger partial charge in [-0.25, -0.2) is 4.79 Å². The maximum absolute atomic E-state index is 11.3. The zero-order chi connectivity index (χ0) is 12.4. The number of nitrogens with zero attached hydrogens (tertiary/aromatic N) is 2. The number of nitrogens with one attached hydrogen (secondary N) is 1. The van der Waals surface area contributed by atoms with Crippen LogP contribution in [0.1, 0.15) is 5.56 Å². The molecule has 1 N–H and O–H groups in total. The van der Waals surface area contributed by atoms with Crippen molar-refractivity contribution >= 4 is 11.5 Å². The Kier molecular flexibility index (Phi) is 2.77. The van der Waals surface area contributed by atoms with E-state index < -0.39 is 21.6 Å². The number of carbonyl (C=O) groups is 1. The highest BCUT2D eigenvalue weighted by molar-refractivity contribution is 5.91. The Labute approximate surface area is 95.4 Å². The molecule has 1 aliphatic rings. The first-order valence-electron chi connectivity index (χ1n) is 4.66. The third kappa shape index (κ3) is 2.10. The lowest BCUT2D eigenvalue weighted by Crippen LogP contribution is -3.06. The smallest absolute Gasteiger partial charge is 0.419 e. The number of allylic oxidation sites excluding steroid dienone is 2. The van der Waals surface area contributed by atoms with Gasteiger partial charge >= 0.3 is 11.6 Å². The van der Waals surface area contributed by atoms with Gasteiger partial charge in [-0.1, -0.05) is 0 Å². The number of hydrogen-bond donors (Lipinski definition) is 1. The monoisotopic (exact) mass is 233 g/mol. The Bertz CT molecular complexity index is 536. The Morgan fingerprint density at radius 2 is 1.94 bits per heavy atom. The van der Waals surface area contributed by atoms with E-state index in [0.29, 0.717) is 11.1 Å². The van der Waals surface area contributed by atoms with E-state index in [2.05, 4.69) is 4.98 Å². The molecule has 0 fully saturated rings. The van der Waals surface area contributed by atoms with Crippen LogP contribution in [-0.2, 0) is 4.79 Å². The normalized spacial score (nSPS) is 19.6. The molecule has 1 aromatic rings. The van der Waals surface area contributed by atoms with E-state index in [-0.39, 0.29) is 0 Å². The summed E-state index contributed by atoms with van der Waals surface area (Å²) in [6, 6.07) is 3.20. The highest BCUT2D eigenvalue weighted by atomic mass is 16.6. The van der Waals surface area contributed by atoms with Crippen LogP contribution in [0.15, 0.2) is 42.5 Å². The first-order valence-corrected chi connectivity index (χ1v) is 4.66. The minimum atomic E-state index is -1.09. The molecule has 2 rings (SSSR count). The minimum absolute atomic E-state index is 0.337. The molecular formula is C10H7N3O4. The van der Waals surface area contributed by atoms with E-state index in [1.807, 2.05) is 0 Å². The molecule has 2 heterocycles. The van der Waals surface area contributed by atoms with Gasteiger partial charge < -0.3 is 5.21 Å². The van der Waals surface area contributed by atoms with Gasteiger partial charge in [0.2, 0.25) is 0 Å². The average Bonchev–Trinajstić information content (AvgIpc) is 2.33. The number of quaternary nitrogens is 1. The molecule has 1 amide bonds. The predicted molar refractivity (Wildman–Crippen MR) is 56.6 cm³/mol. The summed E-state index contributed by atoms with van der Waals surface area (Å²) >= 11 is 0. The maximum atomic E-state index is 11.3. The largest absolute Gasteiger partial charge is 0.621 e. The summed E-state index contributed by atoms with van der Waals surface area (Å²) in [6.45, 7) is 0. The number of amides is 1. The van der Waals surface area contributed by atoms with Crippen molar-refractivity contribution in [2.75, 3.05) is 0 Å². The Hall–Kier alpha value is -2.38. The fourth-order valence-corrected chi connectivity index (χ4v) is 1.43. The van der Waals surface area contributed by atoms with Crippen LogP contribution in [0.25, 0.3) is 5.57 Å². The number of carbonyl (C=O) groups excluding carboxylic acids is 1. The van der Waals surface area contributed by atoms with Crippen molar-refractivity contribution in [2.45, 2.75) is 0 Å². The second-order valence-electron chi connectivity index (χ2n) is 3.32. The molecular weight excluding hydrogens is 226 g/mol. The first kappa shape index (κ1) is 11.1. The maximum Gasteiger partial charge on any atom is 0.419 e. The van der Waals surface area contributed by atoms with Crippen LogP contribution < -0.4 is 5.06 Å². The van der Waals surface area contributed by atoms with Crippen molar-refractivity contribution in [1.82, 2.24) is 4.98 Å². The molecule has 17 heavy (non-hydrogen) atoms. The van der Waals surface area contributed by atoms with Gasteiger partial charge in [0.05, 0.1) is 4.92 Å². The summed E-state index contributed by atoms with van der Waals surface area (Å²) in [4.78, 5) is 24.8. The third-order valence-electron chi connectivity index (χ3n) is 2.25. The van der Waals surface area contributed by atoms with Crippen LogP contribution in [0.2, 0.25) is 0 Å². The molecule has 86 valence electrons. The van der Waals surface area contributed by atoms with Gasteiger partial charge in [-0.3, -0.25) is 20.2 Å². The van der Waals surface area contributed by atoms with Crippen LogP contribution >= 0.6 is 0 Å². The Balaban J connectivity index is 2.46. The molecule has 0 spiro atoms. The highest BCUT2D eigenvalue weighted by Crippen LogP contribution is 2.17. The van der Waals surface area contributed by atoms with Crippen molar-refractivity contribution < 1.29 is 14.8 Å². The molecule has 0 saturated carbocycles. The molecule has 1 aromatic heterocycles. The second kappa shape index (κ2) is 4.24. The lowest BCUT2D eigenvalue weighted by molar-refractivity contribution is -0.707. The van der Waals surface area contributed by atoms with Gasteiger partial charge in [0.1, 0.15) is 6.20 Å². The van der Waals surface area contributed by atoms with Crippen molar-refractivity contribution in [3.05, 3.63) is 63.4 Å². The summed E-state index contributed by atoms with van der Waals surface area (Å²) in [5.41, 5.74) is 0.230. The molecule has 0 saturated heterocycles. The van der Waals surface area contributed by atoms with Gasteiger partial charge in [-0.2, -0.15) is 0 Å².